The first kappa shape index (κ1) is 16.3. The predicted molar refractivity (Wildman–Crippen MR) is 77.1 cm³/mol. The highest BCUT2D eigenvalue weighted by Crippen LogP contribution is 2.44. The van der Waals surface area contributed by atoms with Crippen LogP contribution in [0, 0.1) is 12.8 Å². The normalized spacial score (nSPS) is 22.7. The van der Waals surface area contributed by atoms with Crippen LogP contribution in [0.1, 0.15) is 37.9 Å². The second kappa shape index (κ2) is 5.95. The molecule has 0 amide bonds. The van der Waals surface area contributed by atoms with E-state index in [2.05, 4.69) is 4.98 Å². The molecule has 0 N–H and O–H groups in total. The zero-order valence-corrected chi connectivity index (χ0v) is 12.9. The SMILES string of the molecule is Cc1ccc(CCCN2CCC(C(F)(F)F)C2(C)C)cn1. The average Bonchev–Trinajstić information content (AvgIpc) is 2.67. The topological polar surface area (TPSA) is 16.1 Å². The third kappa shape index (κ3) is 3.76. The fraction of sp³-hybridized carbons (Fsp3) is 0.688. The van der Waals surface area contributed by atoms with Crippen LogP contribution >= 0.6 is 0 Å². The number of hydrogen-bond acceptors (Lipinski definition) is 2. The van der Waals surface area contributed by atoms with Crippen molar-refractivity contribution in [2.45, 2.75) is 51.7 Å². The van der Waals surface area contributed by atoms with Gasteiger partial charge >= 0.3 is 6.18 Å². The summed E-state index contributed by atoms with van der Waals surface area (Å²) in [6.45, 7) is 6.60. The Morgan fingerprint density at radius 1 is 1.33 bits per heavy atom. The van der Waals surface area contributed by atoms with Gasteiger partial charge in [0.25, 0.3) is 0 Å². The first-order chi connectivity index (χ1) is 9.71. The third-order valence-electron chi connectivity index (χ3n) is 4.62. The number of pyridine rings is 1. The van der Waals surface area contributed by atoms with Crippen LogP contribution in [0.2, 0.25) is 0 Å². The molecule has 2 rings (SSSR count). The molecule has 0 saturated carbocycles. The number of halogens is 3. The Kier molecular flexibility index (Phi) is 4.61. The number of likely N-dealkylation sites (tertiary alicyclic amines) is 1. The van der Waals surface area contributed by atoms with E-state index < -0.39 is 17.6 Å². The molecule has 1 aliphatic heterocycles. The van der Waals surface area contributed by atoms with Crippen molar-refractivity contribution in [1.29, 1.82) is 0 Å². The van der Waals surface area contributed by atoms with Gasteiger partial charge in [-0.3, -0.25) is 9.88 Å². The Morgan fingerprint density at radius 2 is 2.05 bits per heavy atom. The fourth-order valence-corrected chi connectivity index (χ4v) is 3.23. The van der Waals surface area contributed by atoms with Crippen LogP contribution in [-0.4, -0.2) is 34.7 Å². The molecule has 5 heteroatoms. The van der Waals surface area contributed by atoms with Crippen LogP contribution in [-0.2, 0) is 6.42 Å². The van der Waals surface area contributed by atoms with Crippen molar-refractivity contribution in [1.82, 2.24) is 9.88 Å². The number of aromatic nitrogens is 1. The Balaban J connectivity index is 1.88. The van der Waals surface area contributed by atoms with Crippen molar-refractivity contribution < 1.29 is 13.2 Å². The maximum absolute atomic E-state index is 13.0. The summed E-state index contributed by atoms with van der Waals surface area (Å²) in [6, 6.07) is 4.00. The molecule has 1 saturated heterocycles. The molecule has 0 spiro atoms. The molecule has 0 bridgehead atoms. The fourth-order valence-electron chi connectivity index (χ4n) is 3.23. The standard InChI is InChI=1S/C16H23F3N2/c1-12-6-7-13(11-20-12)5-4-9-21-10-8-14(15(21,2)3)16(17,18)19/h6-7,11,14H,4-5,8-10H2,1-3H3. The van der Waals surface area contributed by atoms with Gasteiger partial charge in [0.15, 0.2) is 0 Å². The van der Waals surface area contributed by atoms with Crippen molar-refractivity contribution in [3.05, 3.63) is 29.6 Å². The smallest absolute Gasteiger partial charge is 0.298 e. The van der Waals surface area contributed by atoms with E-state index in [1.165, 1.54) is 0 Å². The van der Waals surface area contributed by atoms with Gasteiger partial charge in [-0.15, -0.1) is 0 Å². The van der Waals surface area contributed by atoms with Gasteiger partial charge in [0.2, 0.25) is 0 Å². The minimum absolute atomic E-state index is 0.211. The lowest BCUT2D eigenvalue weighted by molar-refractivity contribution is -0.191. The number of alkyl halides is 3. The molecular formula is C16H23F3N2. The van der Waals surface area contributed by atoms with E-state index in [0.29, 0.717) is 13.1 Å². The molecule has 1 aromatic rings. The lowest BCUT2D eigenvalue weighted by Gasteiger charge is -2.36. The zero-order valence-electron chi connectivity index (χ0n) is 12.9. The molecule has 1 fully saturated rings. The largest absolute Gasteiger partial charge is 0.393 e. The quantitative estimate of drug-likeness (QED) is 0.836. The van der Waals surface area contributed by atoms with Gasteiger partial charge < -0.3 is 0 Å². The maximum Gasteiger partial charge on any atom is 0.393 e. The second-order valence-corrected chi connectivity index (χ2v) is 6.43. The maximum atomic E-state index is 13.0. The van der Waals surface area contributed by atoms with E-state index in [-0.39, 0.29) is 6.42 Å². The van der Waals surface area contributed by atoms with E-state index in [0.717, 1.165) is 24.1 Å². The molecule has 118 valence electrons. The van der Waals surface area contributed by atoms with E-state index in [1.807, 2.05) is 30.2 Å². The van der Waals surface area contributed by atoms with Crippen LogP contribution in [0.3, 0.4) is 0 Å². The van der Waals surface area contributed by atoms with Crippen LogP contribution < -0.4 is 0 Å². The van der Waals surface area contributed by atoms with Crippen LogP contribution in [0.15, 0.2) is 18.3 Å². The zero-order chi connectivity index (χ0) is 15.7. The molecule has 2 heterocycles. The van der Waals surface area contributed by atoms with Crippen molar-refractivity contribution in [3.63, 3.8) is 0 Å². The summed E-state index contributed by atoms with van der Waals surface area (Å²) in [6.07, 6.45) is -0.319. The Hall–Kier alpha value is -1.10. The van der Waals surface area contributed by atoms with Crippen LogP contribution in [0.25, 0.3) is 0 Å². The summed E-state index contributed by atoms with van der Waals surface area (Å²) in [5, 5.41) is 0. The van der Waals surface area contributed by atoms with Gasteiger partial charge in [-0.25, -0.2) is 0 Å². The molecule has 0 aliphatic carbocycles. The van der Waals surface area contributed by atoms with Gasteiger partial charge in [0.05, 0.1) is 5.92 Å². The highest BCUT2D eigenvalue weighted by Gasteiger charge is 2.54. The molecule has 0 aromatic carbocycles. The Labute approximate surface area is 124 Å². The monoisotopic (exact) mass is 300 g/mol. The first-order valence-corrected chi connectivity index (χ1v) is 7.44. The molecule has 2 nitrogen and oxygen atoms in total. The van der Waals surface area contributed by atoms with Gasteiger partial charge in [-0.05, 0) is 64.8 Å². The summed E-state index contributed by atoms with van der Waals surface area (Å²) < 4.78 is 39.1. The number of nitrogens with zero attached hydrogens (tertiary/aromatic N) is 2. The van der Waals surface area contributed by atoms with E-state index in [4.69, 9.17) is 0 Å². The van der Waals surface area contributed by atoms with Crippen LogP contribution in [0.5, 0.6) is 0 Å². The molecule has 0 radical (unpaired) electrons. The summed E-state index contributed by atoms with van der Waals surface area (Å²) in [5.74, 6) is -1.22. The van der Waals surface area contributed by atoms with Gasteiger partial charge in [0.1, 0.15) is 0 Å². The summed E-state index contributed by atoms with van der Waals surface area (Å²) >= 11 is 0. The highest BCUT2D eigenvalue weighted by molar-refractivity contribution is 5.13. The number of aryl methyl sites for hydroxylation is 2. The van der Waals surface area contributed by atoms with Gasteiger partial charge in [-0.2, -0.15) is 13.2 Å². The molecule has 1 atom stereocenters. The first-order valence-electron chi connectivity index (χ1n) is 7.44. The number of hydrogen-bond donors (Lipinski definition) is 0. The Morgan fingerprint density at radius 3 is 2.57 bits per heavy atom. The predicted octanol–water partition coefficient (Wildman–Crippen LogP) is 3.99. The molecular weight excluding hydrogens is 277 g/mol. The second-order valence-electron chi connectivity index (χ2n) is 6.43. The highest BCUT2D eigenvalue weighted by atomic mass is 19.4. The van der Waals surface area contributed by atoms with E-state index >= 15 is 0 Å². The van der Waals surface area contributed by atoms with Crippen LogP contribution in [0.4, 0.5) is 13.2 Å². The van der Waals surface area contributed by atoms with Crippen molar-refractivity contribution >= 4 is 0 Å². The summed E-state index contributed by atoms with van der Waals surface area (Å²) in [5.41, 5.74) is 1.32. The van der Waals surface area contributed by atoms with Crippen molar-refractivity contribution in [2.75, 3.05) is 13.1 Å². The lowest BCUT2D eigenvalue weighted by atomic mass is 9.88. The van der Waals surface area contributed by atoms with Crippen molar-refractivity contribution in [2.24, 2.45) is 5.92 Å². The molecule has 1 unspecified atom stereocenters. The average molecular weight is 300 g/mol. The van der Waals surface area contributed by atoms with Gasteiger partial charge in [0, 0.05) is 17.4 Å². The Bertz CT molecular complexity index is 465. The van der Waals surface area contributed by atoms with E-state index in [1.54, 1.807) is 13.8 Å². The lowest BCUT2D eigenvalue weighted by Crippen LogP contribution is -2.47. The molecule has 1 aromatic heterocycles. The van der Waals surface area contributed by atoms with E-state index in [9.17, 15) is 13.2 Å². The molecule has 21 heavy (non-hydrogen) atoms. The minimum atomic E-state index is -4.10. The third-order valence-corrected chi connectivity index (χ3v) is 4.62. The van der Waals surface area contributed by atoms with Gasteiger partial charge in [-0.1, -0.05) is 6.07 Å². The summed E-state index contributed by atoms with van der Waals surface area (Å²) in [4.78, 5) is 6.22. The summed E-state index contributed by atoms with van der Waals surface area (Å²) in [7, 11) is 0. The minimum Gasteiger partial charge on any atom is -0.298 e. The van der Waals surface area contributed by atoms with Crippen molar-refractivity contribution in [3.8, 4) is 0 Å². The number of rotatable bonds is 4. The molecule has 1 aliphatic rings.